The molecule has 0 aliphatic carbocycles. The first-order valence-electron chi connectivity index (χ1n) is 7.63. The van der Waals surface area contributed by atoms with Crippen molar-refractivity contribution in [3.05, 3.63) is 60.2 Å². The van der Waals surface area contributed by atoms with Crippen LogP contribution in [0, 0.1) is 0 Å². The van der Waals surface area contributed by atoms with Gasteiger partial charge in [0.25, 0.3) is 10.0 Å². The molecular weight excluding hydrogens is 374 g/mol. The van der Waals surface area contributed by atoms with Crippen LogP contribution in [0.25, 0.3) is 11.0 Å². The molecule has 6 nitrogen and oxygen atoms in total. The van der Waals surface area contributed by atoms with Gasteiger partial charge in [0.15, 0.2) is 10.9 Å². The molecule has 1 aromatic heterocycles. The van der Waals surface area contributed by atoms with Gasteiger partial charge < -0.3 is 4.42 Å². The second-order valence-electron chi connectivity index (χ2n) is 5.49. The molecule has 134 valence electrons. The number of anilines is 1. The topological polar surface area (TPSA) is 93.5 Å². The van der Waals surface area contributed by atoms with Crippen molar-refractivity contribution in [3.63, 3.8) is 0 Å². The Hall–Kier alpha value is -2.58. The Labute approximate surface area is 154 Å². The SMILES string of the molecule is CC(=O)SCC(=O)c1ccc(NS(=O)(=O)c2cc3ccccc3o2)cc1. The molecule has 8 heteroatoms. The van der Waals surface area contributed by atoms with E-state index in [2.05, 4.69) is 4.72 Å². The number of benzene rings is 2. The normalized spacial score (nSPS) is 11.4. The van der Waals surface area contributed by atoms with Crippen molar-refractivity contribution in [2.75, 3.05) is 10.5 Å². The Balaban J connectivity index is 1.75. The molecule has 0 amide bonds. The molecule has 0 unspecified atom stereocenters. The maximum Gasteiger partial charge on any atom is 0.295 e. The third kappa shape index (κ3) is 4.14. The summed E-state index contributed by atoms with van der Waals surface area (Å²) < 4.78 is 32.7. The van der Waals surface area contributed by atoms with Gasteiger partial charge >= 0.3 is 0 Å². The van der Waals surface area contributed by atoms with Crippen LogP contribution in [0.5, 0.6) is 0 Å². The number of hydrogen-bond acceptors (Lipinski definition) is 6. The lowest BCUT2D eigenvalue weighted by Gasteiger charge is -2.06. The highest BCUT2D eigenvalue weighted by Crippen LogP contribution is 2.24. The van der Waals surface area contributed by atoms with E-state index in [1.807, 2.05) is 0 Å². The summed E-state index contributed by atoms with van der Waals surface area (Å²) in [5, 5.41) is 0.377. The molecule has 0 radical (unpaired) electrons. The molecule has 3 aromatic rings. The highest BCUT2D eigenvalue weighted by Gasteiger charge is 2.19. The average Bonchev–Trinajstić information content (AvgIpc) is 3.05. The summed E-state index contributed by atoms with van der Waals surface area (Å²) in [6.07, 6.45) is 0. The molecule has 0 spiro atoms. The zero-order valence-electron chi connectivity index (χ0n) is 13.8. The van der Waals surface area contributed by atoms with E-state index in [0.29, 0.717) is 22.2 Å². The van der Waals surface area contributed by atoms with Crippen molar-refractivity contribution in [2.24, 2.45) is 0 Å². The van der Waals surface area contributed by atoms with E-state index in [0.717, 1.165) is 11.8 Å². The number of rotatable bonds is 6. The van der Waals surface area contributed by atoms with E-state index in [1.165, 1.54) is 37.3 Å². The van der Waals surface area contributed by atoms with E-state index in [1.54, 1.807) is 24.3 Å². The number of carbonyl (C=O) groups is 2. The largest absolute Gasteiger partial charge is 0.443 e. The molecule has 2 aromatic carbocycles. The molecule has 26 heavy (non-hydrogen) atoms. The Morgan fingerprint density at radius 2 is 1.77 bits per heavy atom. The standard InChI is InChI=1S/C18H15NO5S2/c1-12(20)25-11-16(21)13-6-8-15(9-7-13)19-26(22,23)18-10-14-4-2-3-5-17(14)24-18/h2-10,19H,11H2,1H3. The smallest absolute Gasteiger partial charge is 0.295 e. The van der Waals surface area contributed by atoms with Gasteiger partial charge in [0.1, 0.15) is 5.58 Å². The second-order valence-corrected chi connectivity index (χ2v) is 8.26. The zero-order chi connectivity index (χ0) is 18.7. The molecule has 1 N–H and O–H groups in total. The van der Waals surface area contributed by atoms with Crippen LogP contribution < -0.4 is 4.72 Å². The van der Waals surface area contributed by atoms with E-state index in [9.17, 15) is 18.0 Å². The maximum atomic E-state index is 12.5. The van der Waals surface area contributed by atoms with Crippen molar-refractivity contribution in [3.8, 4) is 0 Å². The van der Waals surface area contributed by atoms with Crippen LogP contribution in [-0.2, 0) is 14.8 Å². The Bertz CT molecular complexity index is 1040. The van der Waals surface area contributed by atoms with Crippen LogP contribution in [0.4, 0.5) is 5.69 Å². The molecule has 0 aliphatic rings. The molecular formula is C18H15NO5S2. The van der Waals surface area contributed by atoms with E-state index >= 15 is 0 Å². The molecule has 0 aliphatic heterocycles. The number of nitrogens with one attached hydrogen (secondary N) is 1. The highest BCUT2D eigenvalue weighted by molar-refractivity contribution is 8.14. The summed E-state index contributed by atoms with van der Waals surface area (Å²) >= 11 is 0.935. The zero-order valence-corrected chi connectivity index (χ0v) is 15.4. The lowest BCUT2D eigenvalue weighted by atomic mass is 10.1. The minimum absolute atomic E-state index is 0.0550. The predicted octanol–water partition coefficient (Wildman–Crippen LogP) is 3.70. The van der Waals surface area contributed by atoms with Gasteiger partial charge in [-0.1, -0.05) is 30.0 Å². The highest BCUT2D eigenvalue weighted by atomic mass is 32.2. The summed E-state index contributed by atoms with van der Waals surface area (Å²) in [4.78, 5) is 22.9. The lowest BCUT2D eigenvalue weighted by Crippen LogP contribution is -2.12. The van der Waals surface area contributed by atoms with E-state index < -0.39 is 10.0 Å². The summed E-state index contributed by atoms with van der Waals surface area (Å²) in [5.41, 5.74) is 1.20. The van der Waals surface area contributed by atoms with Crippen molar-refractivity contribution >= 4 is 49.3 Å². The third-order valence-corrected chi connectivity index (χ3v) is 5.58. The van der Waals surface area contributed by atoms with Gasteiger partial charge in [0, 0.05) is 29.6 Å². The maximum absolute atomic E-state index is 12.5. The molecule has 0 fully saturated rings. The van der Waals surface area contributed by atoms with Crippen LogP contribution in [-0.4, -0.2) is 25.1 Å². The Kier molecular flexibility index (Phi) is 5.15. The third-order valence-electron chi connectivity index (χ3n) is 3.53. The quantitative estimate of drug-likeness (QED) is 0.646. The number of ketones is 1. The van der Waals surface area contributed by atoms with Crippen LogP contribution >= 0.6 is 11.8 Å². The van der Waals surface area contributed by atoms with Gasteiger partial charge in [0.2, 0.25) is 5.09 Å². The van der Waals surface area contributed by atoms with Gasteiger partial charge in [-0.25, -0.2) is 0 Å². The number of hydrogen-bond donors (Lipinski definition) is 1. The molecule has 0 atom stereocenters. The number of furan rings is 1. The fourth-order valence-electron chi connectivity index (χ4n) is 2.27. The van der Waals surface area contributed by atoms with Gasteiger partial charge in [-0.15, -0.1) is 0 Å². The first kappa shape index (κ1) is 18.2. The lowest BCUT2D eigenvalue weighted by molar-refractivity contribution is -0.109. The van der Waals surface area contributed by atoms with Gasteiger partial charge in [-0.3, -0.25) is 14.3 Å². The molecule has 1 heterocycles. The van der Waals surface area contributed by atoms with Crippen molar-refractivity contribution in [1.82, 2.24) is 0 Å². The van der Waals surface area contributed by atoms with Gasteiger partial charge in [-0.05, 0) is 30.3 Å². The fourth-order valence-corrected chi connectivity index (χ4v) is 3.80. The Morgan fingerprint density at radius 1 is 1.08 bits per heavy atom. The number of thioether (sulfide) groups is 1. The number of sulfonamides is 1. The van der Waals surface area contributed by atoms with Gasteiger partial charge in [0.05, 0.1) is 5.75 Å². The number of Topliss-reactive ketones (excluding diaryl/α,β-unsaturated/α-hetero) is 1. The number of carbonyl (C=O) groups excluding carboxylic acids is 2. The molecule has 3 rings (SSSR count). The molecule has 0 saturated heterocycles. The van der Waals surface area contributed by atoms with Gasteiger partial charge in [-0.2, -0.15) is 8.42 Å². The van der Waals surface area contributed by atoms with Crippen LogP contribution in [0.15, 0.2) is 64.1 Å². The van der Waals surface area contributed by atoms with Crippen molar-refractivity contribution in [2.45, 2.75) is 12.0 Å². The van der Waals surface area contributed by atoms with Crippen molar-refractivity contribution in [1.29, 1.82) is 0 Å². The first-order valence-corrected chi connectivity index (χ1v) is 10.1. The number of para-hydroxylation sites is 1. The predicted molar refractivity (Wildman–Crippen MR) is 101 cm³/mol. The second kappa shape index (κ2) is 7.35. The fraction of sp³-hybridized carbons (Fsp3) is 0.111. The van der Waals surface area contributed by atoms with Crippen molar-refractivity contribution < 1.29 is 22.4 Å². The molecule has 0 bridgehead atoms. The monoisotopic (exact) mass is 389 g/mol. The minimum atomic E-state index is -3.88. The van der Waals surface area contributed by atoms with E-state index in [4.69, 9.17) is 4.42 Å². The summed E-state index contributed by atoms with van der Waals surface area (Å²) in [7, 11) is -3.88. The van der Waals surface area contributed by atoms with Crippen LogP contribution in [0.2, 0.25) is 0 Å². The summed E-state index contributed by atoms with van der Waals surface area (Å²) in [6.45, 7) is 1.40. The summed E-state index contributed by atoms with van der Waals surface area (Å²) in [5.74, 6) is -0.142. The van der Waals surface area contributed by atoms with Crippen LogP contribution in [0.1, 0.15) is 17.3 Å². The Morgan fingerprint density at radius 3 is 2.42 bits per heavy atom. The van der Waals surface area contributed by atoms with Crippen LogP contribution in [0.3, 0.4) is 0 Å². The summed E-state index contributed by atoms with van der Waals surface area (Å²) in [6, 6.07) is 14.5. The first-order chi connectivity index (χ1) is 12.3. The minimum Gasteiger partial charge on any atom is -0.443 e. The molecule has 0 saturated carbocycles. The average molecular weight is 389 g/mol. The number of fused-ring (bicyclic) bond motifs is 1. The van der Waals surface area contributed by atoms with E-state index in [-0.39, 0.29) is 21.7 Å².